The Morgan fingerprint density at radius 2 is 1.88 bits per heavy atom. The molecule has 3 heteroatoms. The first-order valence-corrected chi connectivity index (χ1v) is 5.59. The van der Waals surface area contributed by atoms with Crippen LogP contribution in [0.4, 0.5) is 4.79 Å². The number of alkyl carbamates (subject to hydrolysis) is 1. The van der Waals surface area contributed by atoms with Gasteiger partial charge in [0.25, 0.3) is 0 Å². The standard InChI is InChI=1S/C13H19NO2/c1-10(2)16-13(15)14-11(3)9-12-7-5-4-6-8-12/h4-8,10-11H,9H2,1-3H3,(H,14,15)/t11-/m0/s1. The molecule has 0 saturated heterocycles. The smallest absolute Gasteiger partial charge is 0.407 e. The van der Waals surface area contributed by atoms with Gasteiger partial charge in [0.15, 0.2) is 0 Å². The molecule has 1 amide bonds. The fourth-order valence-electron chi connectivity index (χ4n) is 1.47. The van der Waals surface area contributed by atoms with Crippen LogP contribution in [-0.2, 0) is 11.2 Å². The lowest BCUT2D eigenvalue weighted by atomic mass is 10.1. The van der Waals surface area contributed by atoms with Crippen molar-refractivity contribution in [2.75, 3.05) is 0 Å². The summed E-state index contributed by atoms with van der Waals surface area (Å²) >= 11 is 0. The predicted molar refractivity (Wildman–Crippen MR) is 64.4 cm³/mol. The Kier molecular flexibility index (Phi) is 4.83. The molecule has 0 aliphatic rings. The topological polar surface area (TPSA) is 38.3 Å². The number of hydrogen-bond donors (Lipinski definition) is 1. The molecule has 3 nitrogen and oxygen atoms in total. The number of carbonyl (C=O) groups excluding carboxylic acids is 1. The zero-order valence-corrected chi connectivity index (χ0v) is 10.1. The zero-order valence-electron chi connectivity index (χ0n) is 10.1. The van der Waals surface area contributed by atoms with Gasteiger partial charge in [0.2, 0.25) is 0 Å². The highest BCUT2D eigenvalue weighted by atomic mass is 16.6. The van der Waals surface area contributed by atoms with E-state index in [9.17, 15) is 4.79 Å². The molecule has 0 spiro atoms. The van der Waals surface area contributed by atoms with Crippen molar-refractivity contribution in [2.24, 2.45) is 0 Å². The SMILES string of the molecule is CC(C)OC(=O)N[C@@H](C)Cc1ccccc1. The van der Waals surface area contributed by atoms with Crippen LogP contribution in [0.5, 0.6) is 0 Å². The van der Waals surface area contributed by atoms with Gasteiger partial charge in [-0.3, -0.25) is 0 Å². The lowest BCUT2D eigenvalue weighted by molar-refractivity contribution is 0.113. The van der Waals surface area contributed by atoms with E-state index in [1.807, 2.05) is 51.1 Å². The van der Waals surface area contributed by atoms with Gasteiger partial charge in [-0.05, 0) is 32.8 Å². The number of benzene rings is 1. The number of hydrogen-bond acceptors (Lipinski definition) is 2. The third kappa shape index (κ3) is 4.82. The Hall–Kier alpha value is -1.51. The van der Waals surface area contributed by atoms with Crippen molar-refractivity contribution in [1.82, 2.24) is 5.32 Å². The van der Waals surface area contributed by atoms with Crippen molar-refractivity contribution in [2.45, 2.75) is 39.3 Å². The summed E-state index contributed by atoms with van der Waals surface area (Å²) in [6, 6.07) is 10.1. The molecule has 1 atom stereocenters. The van der Waals surface area contributed by atoms with Crippen molar-refractivity contribution >= 4 is 6.09 Å². The predicted octanol–water partition coefficient (Wildman–Crippen LogP) is 2.75. The summed E-state index contributed by atoms with van der Waals surface area (Å²) < 4.78 is 5.01. The largest absolute Gasteiger partial charge is 0.447 e. The Balaban J connectivity index is 2.36. The number of ether oxygens (including phenoxy) is 1. The molecular weight excluding hydrogens is 202 g/mol. The summed E-state index contributed by atoms with van der Waals surface area (Å²) in [6.45, 7) is 5.64. The second-order valence-corrected chi connectivity index (χ2v) is 4.19. The molecule has 0 aliphatic carbocycles. The van der Waals surface area contributed by atoms with Gasteiger partial charge >= 0.3 is 6.09 Å². The number of nitrogens with one attached hydrogen (secondary N) is 1. The first-order valence-electron chi connectivity index (χ1n) is 5.59. The molecule has 0 fully saturated rings. The highest BCUT2D eigenvalue weighted by Gasteiger charge is 2.09. The average Bonchev–Trinajstić information content (AvgIpc) is 2.17. The zero-order chi connectivity index (χ0) is 12.0. The quantitative estimate of drug-likeness (QED) is 0.849. The highest BCUT2D eigenvalue weighted by molar-refractivity contribution is 5.67. The van der Waals surface area contributed by atoms with Gasteiger partial charge in [0.1, 0.15) is 0 Å². The van der Waals surface area contributed by atoms with Crippen LogP contribution in [0, 0.1) is 0 Å². The summed E-state index contributed by atoms with van der Waals surface area (Å²) in [5.41, 5.74) is 1.21. The normalized spacial score (nSPS) is 12.2. The first kappa shape index (κ1) is 12.6. The van der Waals surface area contributed by atoms with Crippen LogP contribution in [0.25, 0.3) is 0 Å². The van der Waals surface area contributed by atoms with E-state index in [2.05, 4.69) is 5.32 Å². The summed E-state index contributed by atoms with van der Waals surface area (Å²) in [5.74, 6) is 0. The van der Waals surface area contributed by atoms with Crippen molar-refractivity contribution in [3.05, 3.63) is 35.9 Å². The fourth-order valence-corrected chi connectivity index (χ4v) is 1.47. The molecule has 0 aromatic heterocycles. The maximum absolute atomic E-state index is 11.3. The van der Waals surface area contributed by atoms with Gasteiger partial charge in [0.05, 0.1) is 6.10 Å². The first-order chi connectivity index (χ1) is 7.58. The van der Waals surface area contributed by atoms with E-state index in [1.54, 1.807) is 0 Å². The van der Waals surface area contributed by atoms with Gasteiger partial charge in [0, 0.05) is 6.04 Å². The molecule has 0 heterocycles. The Bertz CT molecular complexity index is 322. The molecule has 0 bridgehead atoms. The minimum atomic E-state index is -0.349. The van der Waals surface area contributed by atoms with Gasteiger partial charge in [-0.2, -0.15) is 0 Å². The van der Waals surface area contributed by atoms with E-state index in [0.29, 0.717) is 0 Å². The maximum atomic E-state index is 11.3. The van der Waals surface area contributed by atoms with Crippen LogP contribution in [0.1, 0.15) is 26.3 Å². The van der Waals surface area contributed by atoms with Gasteiger partial charge in [-0.25, -0.2) is 4.79 Å². The van der Waals surface area contributed by atoms with Crippen LogP contribution >= 0.6 is 0 Å². The molecule has 1 rings (SSSR count). The van der Waals surface area contributed by atoms with E-state index in [-0.39, 0.29) is 18.2 Å². The third-order valence-corrected chi connectivity index (χ3v) is 2.09. The van der Waals surface area contributed by atoms with Crippen LogP contribution in [-0.4, -0.2) is 18.2 Å². The van der Waals surface area contributed by atoms with Crippen LogP contribution < -0.4 is 5.32 Å². The van der Waals surface area contributed by atoms with Crippen molar-refractivity contribution in [1.29, 1.82) is 0 Å². The fraction of sp³-hybridized carbons (Fsp3) is 0.462. The Labute approximate surface area is 96.8 Å². The molecule has 0 aliphatic heterocycles. The molecule has 1 aromatic rings. The maximum Gasteiger partial charge on any atom is 0.407 e. The number of carbonyl (C=O) groups is 1. The lowest BCUT2D eigenvalue weighted by Crippen LogP contribution is -2.35. The highest BCUT2D eigenvalue weighted by Crippen LogP contribution is 2.03. The van der Waals surface area contributed by atoms with E-state index >= 15 is 0 Å². The lowest BCUT2D eigenvalue weighted by Gasteiger charge is -2.15. The molecule has 88 valence electrons. The molecule has 1 N–H and O–H groups in total. The monoisotopic (exact) mass is 221 g/mol. The summed E-state index contributed by atoms with van der Waals surface area (Å²) in [4.78, 5) is 11.3. The molecular formula is C13H19NO2. The molecule has 0 unspecified atom stereocenters. The van der Waals surface area contributed by atoms with Crippen LogP contribution in [0.15, 0.2) is 30.3 Å². The molecule has 0 radical (unpaired) electrons. The van der Waals surface area contributed by atoms with Gasteiger partial charge < -0.3 is 10.1 Å². The second kappa shape index (κ2) is 6.16. The average molecular weight is 221 g/mol. The second-order valence-electron chi connectivity index (χ2n) is 4.19. The number of rotatable bonds is 4. The van der Waals surface area contributed by atoms with Crippen LogP contribution in [0.3, 0.4) is 0 Å². The van der Waals surface area contributed by atoms with Crippen molar-refractivity contribution < 1.29 is 9.53 Å². The Morgan fingerprint density at radius 1 is 1.25 bits per heavy atom. The molecule has 16 heavy (non-hydrogen) atoms. The molecule has 0 saturated carbocycles. The van der Waals surface area contributed by atoms with Crippen LogP contribution in [0.2, 0.25) is 0 Å². The molecule has 1 aromatic carbocycles. The minimum absolute atomic E-state index is 0.0775. The van der Waals surface area contributed by atoms with Crippen molar-refractivity contribution in [3.8, 4) is 0 Å². The summed E-state index contributed by atoms with van der Waals surface area (Å²) in [5, 5.41) is 2.80. The van der Waals surface area contributed by atoms with Gasteiger partial charge in [-0.15, -0.1) is 0 Å². The van der Waals surface area contributed by atoms with E-state index in [1.165, 1.54) is 5.56 Å². The third-order valence-electron chi connectivity index (χ3n) is 2.09. The minimum Gasteiger partial charge on any atom is -0.447 e. The Morgan fingerprint density at radius 3 is 2.44 bits per heavy atom. The van der Waals surface area contributed by atoms with E-state index in [4.69, 9.17) is 4.74 Å². The van der Waals surface area contributed by atoms with E-state index in [0.717, 1.165) is 6.42 Å². The number of amides is 1. The summed E-state index contributed by atoms with van der Waals surface area (Å²) in [7, 11) is 0. The van der Waals surface area contributed by atoms with Crippen molar-refractivity contribution in [3.63, 3.8) is 0 Å². The van der Waals surface area contributed by atoms with E-state index < -0.39 is 0 Å². The summed E-state index contributed by atoms with van der Waals surface area (Å²) in [6.07, 6.45) is 0.385. The van der Waals surface area contributed by atoms with Gasteiger partial charge in [-0.1, -0.05) is 30.3 Å².